The van der Waals surface area contributed by atoms with Crippen molar-refractivity contribution in [3.05, 3.63) is 22.6 Å². The van der Waals surface area contributed by atoms with Gasteiger partial charge in [-0.1, -0.05) is 0 Å². The number of aryl methyl sites for hydroxylation is 1. The van der Waals surface area contributed by atoms with Crippen molar-refractivity contribution in [3.8, 4) is 0 Å². The summed E-state index contributed by atoms with van der Waals surface area (Å²) in [7, 11) is -3.01. The summed E-state index contributed by atoms with van der Waals surface area (Å²) in [6, 6.07) is 0. The molecule has 0 unspecified atom stereocenters. The van der Waals surface area contributed by atoms with Crippen molar-refractivity contribution < 1.29 is 17.6 Å². The fraction of sp³-hybridized carbons (Fsp3) is 0.545. The van der Waals surface area contributed by atoms with Gasteiger partial charge in [0, 0.05) is 12.0 Å². The molecule has 0 bridgehead atoms. The van der Waals surface area contributed by atoms with E-state index in [1.54, 1.807) is 6.92 Å². The van der Waals surface area contributed by atoms with Crippen molar-refractivity contribution in [2.45, 2.75) is 32.4 Å². The molecule has 1 aromatic rings. The molecule has 0 atom stereocenters. The zero-order chi connectivity index (χ0) is 11.9. The Hall–Kier alpha value is -1.10. The minimum absolute atomic E-state index is 0.0267. The molecule has 1 aliphatic heterocycles. The molecule has 0 aromatic carbocycles. The molecule has 0 spiro atoms. The van der Waals surface area contributed by atoms with Crippen molar-refractivity contribution in [1.29, 1.82) is 0 Å². The van der Waals surface area contributed by atoms with Crippen molar-refractivity contribution in [2.24, 2.45) is 0 Å². The van der Waals surface area contributed by atoms with Crippen molar-refractivity contribution >= 4 is 15.6 Å². The van der Waals surface area contributed by atoms with Gasteiger partial charge < -0.3 is 4.42 Å². The smallest absolute Gasteiger partial charge is 0.157 e. The number of furan rings is 1. The monoisotopic (exact) mass is 242 g/mol. The van der Waals surface area contributed by atoms with E-state index in [4.69, 9.17) is 4.42 Å². The summed E-state index contributed by atoms with van der Waals surface area (Å²) in [4.78, 5) is 11.1. The van der Waals surface area contributed by atoms with Crippen molar-refractivity contribution in [1.82, 2.24) is 0 Å². The average molecular weight is 242 g/mol. The Morgan fingerprint density at radius 3 is 2.75 bits per heavy atom. The third-order valence-corrected chi connectivity index (χ3v) is 4.37. The first-order valence-electron chi connectivity index (χ1n) is 5.19. The fourth-order valence-corrected chi connectivity index (χ4v) is 3.40. The van der Waals surface area contributed by atoms with Crippen LogP contribution in [0.2, 0.25) is 0 Å². The minimum Gasteiger partial charge on any atom is -0.465 e. The molecule has 0 radical (unpaired) electrons. The highest BCUT2D eigenvalue weighted by molar-refractivity contribution is 7.90. The lowest BCUT2D eigenvalue weighted by Crippen LogP contribution is -2.18. The highest BCUT2D eigenvalue weighted by Gasteiger charge is 2.28. The van der Waals surface area contributed by atoms with E-state index in [-0.39, 0.29) is 17.3 Å². The second-order valence-corrected chi connectivity index (χ2v) is 6.44. The van der Waals surface area contributed by atoms with E-state index in [1.165, 1.54) is 6.92 Å². The topological polar surface area (TPSA) is 64.3 Å². The normalized spacial score (nSPS) is 18.1. The van der Waals surface area contributed by atoms with Crippen molar-refractivity contribution in [2.75, 3.05) is 5.75 Å². The number of carbonyl (C=O) groups excluding carboxylic acids is 1. The zero-order valence-corrected chi connectivity index (χ0v) is 10.2. The third kappa shape index (κ3) is 2.04. The fourth-order valence-electron chi connectivity index (χ4n) is 2.11. The molecule has 1 aliphatic rings. The molecule has 2 rings (SSSR count). The van der Waals surface area contributed by atoms with Gasteiger partial charge in [-0.15, -0.1) is 0 Å². The number of sulfone groups is 1. The van der Waals surface area contributed by atoms with Gasteiger partial charge in [-0.2, -0.15) is 0 Å². The summed E-state index contributed by atoms with van der Waals surface area (Å²) in [5, 5.41) is 0. The van der Waals surface area contributed by atoms with Gasteiger partial charge in [0.2, 0.25) is 0 Å². The Balaban J connectivity index is 2.44. The van der Waals surface area contributed by atoms with E-state index < -0.39 is 9.84 Å². The van der Waals surface area contributed by atoms with Crippen LogP contribution in [-0.2, 0) is 33.2 Å². The van der Waals surface area contributed by atoms with E-state index in [2.05, 4.69) is 0 Å². The van der Waals surface area contributed by atoms with Gasteiger partial charge in [-0.05, 0) is 25.8 Å². The predicted octanol–water partition coefficient (Wildman–Crippen LogP) is 1.19. The molecule has 5 heteroatoms. The summed E-state index contributed by atoms with van der Waals surface area (Å²) in [5.74, 6) is 1.41. The standard InChI is InChI=1S/C11H14O4S/c1-7(12)5-10-8(2)15-11-6-16(13,14)4-3-9(10)11/h3-6H2,1-2H3. The molecule has 16 heavy (non-hydrogen) atoms. The van der Waals surface area contributed by atoms with Crippen LogP contribution in [0, 0.1) is 6.92 Å². The van der Waals surface area contributed by atoms with E-state index in [9.17, 15) is 13.2 Å². The van der Waals surface area contributed by atoms with Crippen LogP contribution in [0.5, 0.6) is 0 Å². The Morgan fingerprint density at radius 1 is 1.44 bits per heavy atom. The quantitative estimate of drug-likeness (QED) is 0.781. The summed E-state index contributed by atoms with van der Waals surface area (Å²) in [5.41, 5.74) is 1.82. The maximum absolute atomic E-state index is 11.4. The van der Waals surface area contributed by atoms with E-state index in [0.29, 0.717) is 24.4 Å². The number of carbonyl (C=O) groups is 1. The van der Waals surface area contributed by atoms with Crippen LogP contribution in [0.4, 0.5) is 0 Å². The molecule has 2 heterocycles. The summed E-state index contributed by atoms with van der Waals surface area (Å²) >= 11 is 0. The summed E-state index contributed by atoms with van der Waals surface area (Å²) < 4.78 is 28.3. The molecule has 0 aliphatic carbocycles. The summed E-state index contributed by atoms with van der Waals surface area (Å²) in [6.07, 6.45) is 0.808. The number of fused-ring (bicyclic) bond motifs is 1. The highest BCUT2D eigenvalue weighted by Crippen LogP contribution is 2.29. The SMILES string of the molecule is CC(=O)Cc1c(C)oc2c1CCS(=O)(=O)C2. The van der Waals surface area contributed by atoms with E-state index in [1.807, 2.05) is 0 Å². The molecule has 0 fully saturated rings. The second-order valence-electron chi connectivity index (χ2n) is 4.26. The minimum atomic E-state index is -3.01. The number of Topliss-reactive ketones (excluding diaryl/α,β-unsaturated/α-hetero) is 1. The van der Waals surface area contributed by atoms with Crippen LogP contribution in [0.3, 0.4) is 0 Å². The zero-order valence-electron chi connectivity index (χ0n) is 9.37. The first-order valence-corrected chi connectivity index (χ1v) is 7.01. The van der Waals surface area contributed by atoms with Gasteiger partial charge in [0.05, 0.1) is 5.75 Å². The van der Waals surface area contributed by atoms with Gasteiger partial charge >= 0.3 is 0 Å². The van der Waals surface area contributed by atoms with Crippen LogP contribution in [0.25, 0.3) is 0 Å². The van der Waals surface area contributed by atoms with Gasteiger partial charge in [-0.25, -0.2) is 8.42 Å². The van der Waals surface area contributed by atoms with Gasteiger partial charge in [0.25, 0.3) is 0 Å². The molecule has 0 saturated heterocycles. The molecule has 0 saturated carbocycles. The molecule has 4 nitrogen and oxygen atoms in total. The van der Waals surface area contributed by atoms with Crippen LogP contribution >= 0.6 is 0 Å². The lowest BCUT2D eigenvalue weighted by Gasteiger charge is -2.11. The maximum Gasteiger partial charge on any atom is 0.157 e. The number of rotatable bonds is 2. The predicted molar refractivity (Wildman–Crippen MR) is 59.0 cm³/mol. The summed E-state index contributed by atoms with van der Waals surface area (Å²) in [6.45, 7) is 3.31. The molecular weight excluding hydrogens is 228 g/mol. The second kappa shape index (κ2) is 3.73. The Kier molecular flexibility index (Phi) is 2.66. The van der Waals surface area contributed by atoms with Crippen LogP contribution in [-0.4, -0.2) is 20.0 Å². The molecule has 88 valence electrons. The molecule has 1 aromatic heterocycles. The molecule has 0 N–H and O–H groups in total. The largest absolute Gasteiger partial charge is 0.465 e. The van der Waals surface area contributed by atoms with Crippen LogP contribution in [0.1, 0.15) is 29.6 Å². The van der Waals surface area contributed by atoms with E-state index in [0.717, 1.165) is 11.1 Å². The number of hydrogen-bond donors (Lipinski definition) is 0. The van der Waals surface area contributed by atoms with Gasteiger partial charge in [-0.3, -0.25) is 4.79 Å². The Morgan fingerprint density at radius 2 is 2.12 bits per heavy atom. The molecular formula is C11H14O4S. The Bertz CT molecular complexity index is 537. The van der Waals surface area contributed by atoms with Crippen molar-refractivity contribution in [3.63, 3.8) is 0 Å². The van der Waals surface area contributed by atoms with Gasteiger partial charge in [0.1, 0.15) is 23.1 Å². The lowest BCUT2D eigenvalue weighted by atomic mass is 10.0. The maximum atomic E-state index is 11.4. The third-order valence-electron chi connectivity index (χ3n) is 2.84. The van der Waals surface area contributed by atoms with E-state index >= 15 is 0 Å². The first-order chi connectivity index (χ1) is 7.39. The van der Waals surface area contributed by atoms with Crippen LogP contribution < -0.4 is 0 Å². The number of ketones is 1. The average Bonchev–Trinajstić information content (AvgIpc) is 2.39. The van der Waals surface area contributed by atoms with Crippen LogP contribution in [0.15, 0.2) is 4.42 Å². The number of hydrogen-bond acceptors (Lipinski definition) is 4. The highest BCUT2D eigenvalue weighted by atomic mass is 32.2. The van der Waals surface area contributed by atoms with Gasteiger partial charge in [0.15, 0.2) is 9.84 Å². The molecule has 0 amide bonds. The first kappa shape index (κ1) is 11.4. The lowest BCUT2D eigenvalue weighted by molar-refractivity contribution is -0.116. The Labute approximate surface area is 94.6 Å².